The summed E-state index contributed by atoms with van der Waals surface area (Å²) in [6.07, 6.45) is 4.86. The second-order valence-corrected chi connectivity index (χ2v) is 9.49. The van der Waals surface area contributed by atoms with Gasteiger partial charge in [0.1, 0.15) is 17.2 Å². The number of nitrogens with zero attached hydrogens (tertiary/aromatic N) is 7. The van der Waals surface area contributed by atoms with Gasteiger partial charge >= 0.3 is 6.18 Å². The molecule has 0 aromatic carbocycles. The molecule has 6 rings (SSSR count). The van der Waals surface area contributed by atoms with Gasteiger partial charge in [-0.15, -0.1) is 0 Å². The molecule has 0 amide bonds. The predicted molar refractivity (Wildman–Crippen MR) is 124 cm³/mol. The lowest BCUT2D eigenvalue weighted by molar-refractivity contribution is -0.137. The maximum absolute atomic E-state index is 13.3. The van der Waals surface area contributed by atoms with E-state index >= 15 is 0 Å². The first kappa shape index (κ1) is 22.0. The van der Waals surface area contributed by atoms with Gasteiger partial charge in [0.25, 0.3) is 0 Å². The Morgan fingerprint density at radius 1 is 1.11 bits per heavy atom. The fourth-order valence-corrected chi connectivity index (χ4v) is 4.92. The number of H-pyrrole nitrogens is 1. The topological polar surface area (TPSA) is 78.2 Å². The Hall–Kier alpha value is -3.47. The van der Waals surface area contributed by atoms with Gasteiger partial charge in [-0.1, -0.05) is 6.92 Å². The molecule has 1 saturated carbocycles. The maximum atomic E-state index is 13.3. The SMILES string of the molecule is CC1CC1CN1CCN(c2ccnc(-c3cnc4ccc(C(F)(F)F)cn34)n2)CC1c1cn[nH]c1. The summed E-state index contributed by atoms with van der Waals surface area (Å²) in [6.45, 7) is 5.81. The molecule has 5 heterocycles. The van der Waals surface area contributed by atoms with Gasteiger partial charge in [0, 0.05) is 50.3 Å². The van der Waals surface area contributed by atoms with Crippen LogP contribution in [-0.2, 0) is 6.18 Å². The van der Waals surface area contributed by atoms with Gasteiger partial charge in [0.2, 0.25) is 0 Å². The number of pyridine rings is 1. The molecular formula is C24H25F3N8. The Morgan fingerprint density at radius 3 is 2.71 bits per heavy atom. The largest absolute Gasteiger partial charge is 0.417 e. The Bertz CT molecular complexity index is 1330. The number of fused-ring (bicyclic) bond motifs is 1. The number of hydrogen-bond acceptors (Lipinski definition) is 6. The van der Waals surface area contributed by atoms with Crippen LogP contribution >= 0.6 is 0 Å². The number of piperazine rings is 1. The van der Waals surface area contributed by atoms with Crippen molar-refractivity contribution in [1.82, 2.24) is 34.4 Å². The summed E-state index contributed by atoms with van der Waals surface area (Å²) in [7, 11) is 0. The maximum Gasteiger partial charge on any atom is 0.417 e. The first-order chi connectivity index (χ1) is 16.9. The Balaban J connectivity index is 1.29. The van der Waals surface area contributed by atoms with Crippen LogP contribution in [0, 0.1) is 11.8 Å². The summed E-state index contributed by atoms with van der Waals surface area (Å²) >= 11 is 0. The number of halogens is 3. The molecule has 4 aromatic heterocycles. The van der Waals surface area contributed by atoms with Crippen LogP contribution in [0.1, 0.15) is 30.5 Å². The van der Waals surface area contributed by atoms with E-state index in [1.807, 2.05) is 18.5 Å². The van der Waals surface area contributed by atoms with Crippen molar-refractivity contribution in [3.63, 3.8) is 0 Å². The van der Waals surface area contributed by atoms with Crippen molar-refractivity contribution in [2.24, 2.45) is 11.8 Å². The molecule has 4 aromatic rings. The van der Waals surface area contributed by atoms with Crippen LogP contribution in [-0.4, -0.2) is 60.6 Å². The van der Waals surface area contributed by atoms with Crippen LogP contribution in [0.15, 0.2) is 49.2 Å². The number of hydrogen-bond donors (Lipinski definition) is 1. The molecule has 11 heteroatoms. The zero-order valence-electron chi connectivity index (χ0n) is 19.2. The second kappa shape index (κ2) is 8.33. The number of nitrogens with one attached hydrogen (secondary N) is 1. The summed E-state index contributed by atoms with van der Waals surface area (Å²) in [5.41, 5.74) is 1.22. The summed E-state index contributed by atoms with van der Waals surface area (Å²) < 4.78 is 41.2. The first-order valence-electron chi connectivity index (χ1n) is 11.7. The third kappa shape index (κ3) is 4.24. The molecule has 1 aliphatic carbocycles. The summed E-state index contributed by atoms with van der Waals surface area (Å²) in [4.78, 5) is 18.1. The zero-order chi connectivity index (χ0) is 24.2. The van der Waals surface area contributed by atoms with E-state index in [1.54, 1.807) is 6.20 Å². The van der Waals surface area contributed by atoms with Crippen LogP contribution in [0.4, 0.5) is 19.0 Å². The van der Waals surface area contributed by atoms with Gasteiger partial charge in [-0.2, -0.15) is 18.3 Å². The van der Waals surface area contributed by atoms with Gasteiger partial charge in [-0.3, -0.25) is 14.4 Å². The molecule has 3 atom stereocenters. The zero-order valence-corrected chi connectivity index (χ0v) is 19.2. The predicted octanol–water partition coefficient (Wildman–Crippen LogP) is 4.05. The van der Waals surface area contributed by atoms with Gasteiger partial charge in [0.05, 0.1) is 24.0 Å². The highest BCUT2D eigenvalue weighted by Gasteiger charge is 2.38. The third-order valence-corrected chi connectivity index (χ3v) is 7.17. The molecule has 0 radical (unpaired) electrons. The molecule has 0 spiro atoms. The minimum Gasteiger partial charge on any atom is -0.353 e. The van der Waals surface area contributed by atoms with Crippen LogP contribution in [0.3, 0.4) is 0 Å². The lowest BCUT2D eigenvalue weighted by Crippen LogP contribution is -2.49. The van der Waals surface area contributed by atoms with E-state index in [0.29, 0.717) is 17.2 Å². The molecule has 1 aliphatic heterocycles. The highest BCUT2D eigenvalue weighted by atomic mass is 19.4. The first-order valence-corrected chi connectivity index (χ1v) is 11.7. The summed E-state index contributed by atoms with van der Waals surface area (Å²) in [6, 6.07) is 4.41. The Morgan fingerprint density at radius 2 is 1.97 bits per heavy atom. The average Bonchev–Trinajstić information content (AvgIpc) is 3.24. The number of anilines is 1. The molecule has 182 valence electrons. The molecule has 8 nitrogen and oxygen atoms in total. The third-order valence-electron chi connectivity index (χ3n) is 7.17. The highest BCUT2D eigenvalue weighted by molar-refractivity contribution is 5.59. The molecule has 1 saturated heterocycles. The van der Waals surface area contributed by atoms with E-state index in [0.717, 1.165) is 61.7 Å². The van der Waals surface area contributed by atoms with Crippen molar-refractivity contribution in [3.05, 3.63) is 60.3 Å². The van der Waals surface area contributed by atoms with Crippen molar-refractivity contribution < 1.29 is 13.2 Å². The van der Waals surface area contributed by atoms with Gasteiger partial charge in [0.15, 0.2) is 5.82 Å². The van der Waals surface area contributed by atoms with Crippen molar-refractivity contribution in [2.45, 2.75) is 25.6 Å². The van der Waals surface area contributed by atoms with Crippen molar-refractivity contribution in [1.29, 1.82) is 0 Å². The molecule has 1 N–H and O–H groups in total. The van der Waals surface area contributed by atoms with Crippen molar-refractivity contribution >= 4 is 11.5 Å². The van der Waals surface area contributed by atoms with Gasteiger partial charge in [-0.05, 0) is 36.5 Å². The lowest BCUT2D eigenvalue weighted by Gasteiger charge is -2.42. The Labute approximate surface area is 199 Å². The minimum atomic E-state index is -4.45. The number of rotatable bonds is 5. The molecule has 2 aliphatic rings. The van der Waals surface area contributed by atoms with E-state index in [-0.39, 0.29) is 6.04 Å². The lowest BCUT2D eigenvalue weighted by atomic mass is 10.0. The molecule has 3 unspecified atom stereocenters. The van der Waals surface area contributed by atoms with E-state index in [2.05, 4.69) is 36.9 Å². The minimum absolute atomic E-state index is 0.179. The van der Waals surface area contributed by atoms with Crippen LogP contribution in [0.5, 0.6) is 0 Å². The average molecular weight is 483 g/mol. The van der Waals surface area contributed by atoms with Gasteiger partial charge in [-0.25, -0.2) is 15.0 Å². The Kier molecular flexibility index (Phi) is 5.24. The van der Waals surface area contributed by atoms with Crippen LogP contribution in [0.25, 0.3) is 17.2 Å². The van der Waals surface area contributed by atoms with Gasteiger partial charge < -0.3 is 4.90 Å². The fourth-order valence-electron chi connectivity index (χ4n) is 4.92. The molecule has 2 fully saturated rings. The number of imidazole rings is 1. The van der Waals surface area contributed by atoms with E-state index in [4.69, 9.17) is 4.98 Å². The fraction of sp³-hybridized carbons (Fsp3) is 0.417. The van der Waals surface area contributed by atoms with E-state index in [9.17, 15) is 13.2 Å². The number of alkyl halides is 3. The standard InChI is InChI=1S/C24H25F3N8/c1-15-8-16(15)12-33-6-7-34(14-20(33)17-9-30-31-10-17)22-4-5-28-23(32-22)19-11-29-21-3-2-18(13-35(19)21)24(25,26)27/h2-5,9-11,13,15-16,20H,6-8,12,14H2,1H3,(H,30,31). The molecule has 0 bridgehead atoms. The molecule has 35 heavy (non-hydrogen) atoms. The second-order valence-electron chi connectivity index (χ2n) is 9.49. The van der Waals surface area contributed by atoms with Crippen molar-refractivity contribution in [2.75, 3.05) is 31.1 Å². The molecular weight excluding hydrogens is 457 g/mol. The number of aromatic amines is 1. The highest BCUT2D eigenvalue weighted by Crippen LogP contribution is 2.40. The van der Waals surface area contributed by atoms with E-state index < -0.39 is 11.7 Å². The summed E-state index contributed by atoms with van der Waals surface area (Å²) in [5.74, 6) is 2.61. The normalized spacial score (nSPS) is 23.2. The monoisotopic (exact) mass is 482 g/mol. The van der Waals surface area contributed by atoms with Crippen LogP contribution < -0.4 is 4.90 Å². The van der Waals surface area contributed by atoms with Crippen LogP contribution in [0.2, 0.25) is 0 Å². The number of aromatic nitrogens is 6. The van der Waals surface area contributed by atoms with Crippen molar-refractivity contribution in [3.8, 4) is 11.5 Å². The summed E-state index contributed by atoms with van der Waals surface area (Å²) in [5, 5.41) is 7.08. The van der Waals surface area contributed by atoms with E-state index in [1.165, 1.54) is 23.1 Å². The smallest absolute Gasteiger partial charge is 0.353 e. The quantitative estimate of drug-likeness (QED) is 0.463.